The molecule has 32 heavy (non-hydrogen) atoms. The third-order valence-electron chi connectivity index (χ3n) is 6.01. The van der Waals surface area contributed by atoms with Gasteiger partial charge in [-0.15, -0.1) is 0 Å². The molecule has 0 aliphatic rings. The molecule has 1 aromatic heterocycles. The molecule has 0 radical (unpaired) electrons. The second-order valence-corrected chi connectivity index (χ2v) is 8.65. The average Bonchev–Trinajstić information content (AvgIpc) is 3.30. The predicted molar refractivity (Wildman–Crippen MR) is 133 cm³/mol. The molecule has 0 aliphatic heterocycles. The van der Waals surface area contributed by atoms with Gasteiger partial charge in [0.25, 0.3) is 0 Å². The number of benzene rings is 3. The zero-order valence-electron chi connectivity index (χ0n) is 19.1. The fourth-order valence-electron chi connectivity index (χ4n) is 4.48. The molecule has 3 aromatic carbocycles. The van der Waals surface area contributed by atoms with Crippen molar-refractivity contribution in [1.82, 2.24) is 14.9 Å². The number of hydrogen-bond acceptors (Lipinski definition) is 2. The summed E-state index contributed by atoms with van der Waals surface area (Å²) < 4.78 is 2.30. The minimum Gasteiger partial charge on any atom is -0.319 e. The molecule has 1 N–H and O–H groups in total. The molecule has 0 aliphatic carbocycles. The van der Waals surface area contributed by atoms with Crippen LogP contribution in [0.1, 0.15) is 49.1 Å². The van der Waals surface area contributed by atoms with Crippen LogP contribution in [0.3, 0.4) is 0 Å². The van der Waals surface area contributed by atoms with Crippen LogP contribution >= 0.6 is 0 Å². The molecule has 0 saturated carbocycles. The van der Waals surface area contributed by atoms with Crippen molar-refractivity contribution in [1.29, 1.82) is 0 Å². The molecule has 0 unspecified atom stereocenters. The quantitative estimate of drug-likeness (QED) is 0.249. The maximum atomic E-state index is 4.83. The van der Waals surface area contributed by atoms with E-state index in [9.17, 15) is 0 Å². The number of aryl methyl sites for hydroxylation is 1. The number of nitrogens with one attached hydrogen (secondary N) is 1. The first-order valence-electron chi connectivity index (χ1n) is 11.6. The SMILES string of the molecule is CC(C)NCCCCc1cn(C(c2ccccc2)(c2ccccc2)c2ccccc2)cn1. The van der Waals surface area contributed by atoms with Gasteiger partial charge >= 0.3 is 0 Å². The van der Waals surface area contributed by atoms with Crippen LogP contribution in [0.15, 0.2) is 104 Å². The largest absolute Gasteiger partial charge is 0.319 e. The minimum absolute atomic E-state index is 0.478. The molecule has 0 fully saturated rings. The standard InChI is InChI=1S/C29H33N3/c1-24(2)30-21-13-12-20-28-22-32(23-31-28)29(25-14-6-3-7-15-25,26-16-8-4-9-17-26)27-18-10-5-11-19-27/h3-11,14-19,22-24,30H,12-13,20-21H2,1-2H3. The zero-order valence-corrected chi connectivity index (χ0v) is 19.1. The minimum atomic E-state index is -0.478. The Morgan fingerprint density at radius 2 is 1.25 bits per heavy atom. The predicted octanol–water partition coefficient (Wildman–Crippen LogP) is 6.04. The number of hydrogen-bond donors (Lipinski definition) is 1. The Kier molecular flexibility index (Phi) is 7.18. The van der Waals surface area contributed by atoms with Gasteiger partial charge in [0.15, 0.2) is 0 Å². The summed E-state index contributed by atoms with van der Waals surface area (Å²) in [5, 5.41) is 3.50. The van der Waals surface area contributed by atoms with Gasteiger partial charge in [-0.2, -0.15) is 0 Å². The van der Waals surface area contributed by atoms with E-state index in [1.54, 1.807) is 0 Å². The Hall–Kier alpha value is -3.17. The average molecular weight is 424 g/mol. The lowest BCUT2D eigenvalue weighted by Gasteiger charge is -2.37. The van der Waals surface area contributed by atoms with Gasteiger partial charge in [-0.1, -0.05) is 105 Å². The van der Waals surface area contributed by atoms with E-state index in [0.29, 0.717) is 6.04 Å². The normalized spacial score (nSPS) is 11.7. The summed E-state index contributed by atoms with van der Waals surface area (Å²) in [6.07, 6.45) is 7.52. The summed E-state index contributed by atoms with van der Waals surface area (Å²) in [4.78, 5) is 4.83. The Morgan fingerprint density at radius 1 is 0.750 bits per heavy atom. The summed E-state index contributed by atoms with van der Waals surface area (Å²) in [6.45, 7) is 5.44. The summed E-state index contributed by atoms with van der Waals surface area (Å²) in [6, 6.07) is 32.8. The monoisotopic (exact) mass is 423 g/mol. The van der Waals surface area contributed by atoms with Crippen LogP contribution in [0.4, 0.5) is 0 Å². The first kappa shape index (κ1) is 22.0. The van der Waals surface area contributed by atoms with E-state index >= 15 is 0 Å². The lowest BCUT2D eigenvalue weighted by molar-refractivity contribution is 0.513. The molecule has 3 nitrogen and oxygen atoms in total. The van der Waals surface area contributed by atoms with E-state index < -0.39 is 5.54 Å². The fourth-order valence-corrected chi connectivity index (χ4v) is 4.48. The number of imidazole rings is 1. The van der Waals surface area contributed by atoms with E-state index in [2.05, 4.69) is 121 Å². The van der Waals surface area contributed by atoms with Gasteiger partial charge < -0.3 is 9.88 Å². The van der Waals surface area contributed by atoms with E-state index in [-0.39, 0.29) is 0 Å². The summed E-state index contributed by atoms with van der Waals surface area (Å²) >= 11 is 0. The van der Waals surface area contributed by atoms with Crippen molar-refractivity contribution in [2.75, 3.05) is 6.54 Å². The Balaban J connectivity index is 1.75. The van der Waals surface area contributed by atoms with Crippen LogP contribution in [0.25, 0.3) is 0 Å². The third-order valence-corrected chi connectivity index (χ3v) is 6.01. The van der Waals surface area contributed by atoms with Crippen molar-refractivity contribution in [3.05, 3.63) is 126 Å². The second-order valence-electron chi connectivity index (χ2n) is 8.65. The topological polar surface area (TPSA) is 29.9 Å². The van der Waals surface area contributed by atoms with Gasteiger partial charge in [0.1, 0.15) is 5.54 Å². The molecule has 0 spiro atoms. The van der Waals surface area contributed by atoms with Crippen molar-refractivity contribution >= 4 is 0 Å². The first-order chi connectivity index (χ1) is 15.7. The Morgan fingerprint density at radius 3 is 1.72 bits per heavy atom. The van der Waals surface area contributed by atoms with E-state index in [4.69, 9.17) is 4.98 Å². The summed E-state index contributed by atoms with van der Waals surface area (Å²) in [7, 11) is 0. The zero-order chi connectivity index (χ0) is 22.2. The molecule has 0 bridgehead atoms. The lowest BCUT2D eigenvalue weighted by Crippen LogP contribution is -2.36. The molecule has 0 atom stereocenters. The van der Waals surface area contributed by atoms with Crippen molar-refractivity contribution in [3.8, 4) is 0 Å². The van der Waals surface area contributed by atoms with Gasteiger partial charge in [0.2, 0.25) is 0 Å². The number of unbranched alkanes of at least 4 members (excludes halogenated alkanes) is 1. The molecule has 0 saturated heterocycles. The molecule has 3 heteroatoms. The van der Waals surface area contributed by atoms with E-state index in [1.807, 2.05) is 6.33 Å². The van der Waals surface area contributed by atoms with Gasteiger partial charge in [-0.25, -0.2) is 4.98 Å². The van der Waals surface area contributed by atoms with Crippen molar-refractivity contribution in [3.63, 3.8) is 0 Å². The number of rotatable bonds is 10. The van der Waals surface area contributed by atoms with Crippen molar-refractivity contribution in [2.24, 2.45) is 0 Å². The van der Waals surface area contributed by atoms with Crippen LogP contribution in [-0.2, 0) is 12.0 Å². The lowest BCUT2D eigenvalue weighted by atomic mass is 9.77. The Bertz CT molecular complexity index is 972. The highest BCUT2D eigenvalue weighted by Crippen LogP contribution is 2.40. The van der Waals surface area contributed by atoms with Crippen molar-refractivity contribution in [2.45, 2.75) is 44.7 Å². The molecule has 4 aromatic rings. The van der Waals surface area contributed by atoms with Crippen molar-refractivity contribution < 1.29 is 0 Å². The Labute approximate surface area is 192 Å². The maximum Gasteiger partial charge on any atom is 0.121 e. The van der Waals surface area contributed by atoms with Gasteiger partial charge in [-0.3, -0.25) is 0 Å². The smallest absolute Gasteiger partial charge is 0.121 e. The first-order valence-corrected chi connectivity index (χ1v) is 11.6. The van der Waals surface area contributed by atoms with Crippen LogP contribution < -0.4 is 5.32 Å². The van der Waals surface area contributed by atoms with Gasteiger partial charge in [0.05, 0.1) is 12.0 Å². The second kappa shape index (κ2) is 10.4. The van der Waals surface area contributed by atoms with Crippen LogP contribution in [0.2, 0.25) is 0 Å². The van der Waals surface area contributed by atoms with E-state index in [1.165, 1.54) is 16.7 Å². The molecular formula is C29H33N3. The van der Waals surface area contributed by atoms with Gasteiger partial charge in [0, 0.05) is 12.2 Å². The van der Waals surface area contributed by atoms with Crippen LogP contribution in [-0.4, -0.2) is 22.1 Å². The molecule has 164 valence electrons. The van der Waals surface area contributed by atoms with Crippen LogP contribution in [0, 0.1) is 0 Å². The highest BCUT2D eigenvalue weighted by atomic mass is 15.1. The maximum absolute atomic E-state index is 4.83. The molecule has 1 heterocycles. The van der Waals surface area contributed by atoms with E-state index in [0.717, 1.165) is 31.5 Å². The molecule has 4 rings (SSSR count). The summed E-state index contributed by atoms with van der Waals surface area (Å²) in [5.41, 5.74) is 4.34. The molecule has 0 amide bonds. The number of nitrogens with zero attached hydrogens (tertiary/aromatic N) is 2. The molecular weight excluding hydrogens is 390 g/mol. The fraction of sp³-hybridized carbons (Fsp3) is 0.276. The highest BCUT2D eigenvalue weighted by molar-refractivity contribution is 5.50. The van der Waals surface area contributed by atoms with Gasteiger partial charge in [-0.05, 0) is 42.5 Å². The summed E-state index contributed by atoms with van der Waals surface area (Å²) in [5.74, 6) is 0. The van der Waals surface area contributed by atoms with Crippen LogP contribution in [0.5, 0.6) is 0 Å². The third kappa shape index (κ3) is 4.68. The highest BCUT2D eigenvalue weighted by Gasteiger charge is 2.38. The number of aromatic nitrogens is 2.